The number of pyridine rings is 1. The molecule has 0 aliphatic carbocycles. The summed E-state index contributed by atoms with van der Waals surface area (Å²) in [4.78, 5) is 27.9. The van der Waals surface area contributed by atoms with Gasteiger partial charge in [-0.05, 0) is 29.8 Å². The average Bonchev–Trinajstić information content (AvgIpc) is 3.45. The number of amides is 1. The third kappa shape index (κ3) is 3.39. The zero-order valence-electron chi connectivity index (χ0n) is 15.5. The summed E-state index contributed by atoms with van der Waals surface area (Å²) in [5, 5.41) is 0. The van der Waals surface area contributed by atoms with Crippen molar-refractivity contribution in [2.24, 2.45) is 9.98 Å². The highest BCUT2D eigenvalue weighted by molar-refractivity contribution is 6.27. The van der Waals surface area contributed by atoms with E-state index in [9.17, 15) is 9.18 Å². The van der Waals surface area contributed by atoms with E-state index in [1.807, 2.05) is 17.0 Å². The minimum Gasteiger partial charge on any atom is -0.473 e. The predicted octanol–water partition coefficient (Wildman–Crippen LogP) is 2.52. The minimum absolute atomic E-state index is 0.173. The first-order chi connectivity index (χ1) is 14.2. The number of carbonyl (C=O) groups excluding carboxylic acids is 1. The molecular weight excluding hydrogens is 377 g/mol. The molecule has 8 nitrogen and oxygen atoms in total. The Kier molecular flexibility index (Phi) is 4.34. The van der Waals surface area contributed by atoms with Crippen LogP contribution in [0.1, 0.15) is 11.3 Å². The van der Waals surface area contributed by atoms with E-state index in [2.05, 4.69) is 15.0 Å². The highest BCUT2D eigenvalue weighted by atomic mass is 19.1. The summed E-state index contributed by atoms with van der Waals surface area (Å²) in [5.41, 5.74) is 2.99. The van der Waals surface area contributed by atoms with Crippen LogP contribution in [0.2, 0.25) is 0 Å². The molecule has 0 bridgehead atoms. The summed E-state index contributed by atoms with van der Waals surface area (Å²) in [6.45, 7) is 1.98. The van der Waals surface area contributed by atoms with E-state index in [1.165, 1.54) is 17.2 Å². The number of nitrogens with zero attached hydrogens (tertiary/aromatic N) is 5. The van der Waals surface area contributed by atoms with E-state index >= 15 is 0 Å². The molecule has 1 aromatic heterocycles. The van der Waals surface area contributed by atoms with Crippen molar-refractivity contribution in [2.75, 3.05) is 29.6 Å². The fourth-order valence-electron chi connectivity index (χ4n) is 3.64. The number of hydrogen-bond acceptors (Lipinski definition) is 7. The van der Waals surface area contributed by atoms with Crippen LogP contribution in [0.4, 0.5) is 20.6 Å². The molecule has 0 saturated carbocycles. The lowest BCUT2D eigenvalue weighted by atomic mass is 10.2. The Bertz CT molecular complexity index is 1000. The number of anilines is 2. The van der Waals surface area contributed by atoms with Crippen LogP contribution in [0.3, 0.4) is 0 Å². The van der Waals surface area contributed by atoms with Gasteiger partial charge in [0, 0.05) is 12.7 Å². The second-order valence-electron chi connectivity index (χ2n) is 6.98. The van der Waals surface area contributed by atoms with Gasteiger partial charge in [-0.2, -0.15) is 0 Å². The van der Waals surface area contributed by atoms with Crippen molar-refractivity contribution in [3.63, 3.8) is 0 Å². The maximum atomic E-state index is 14.9. The van der Waals surface area contributed by atoms with Crippen molar-refractivity contribution >= 4 is 29.6 Å². The molecule has 3 aliphatic heterocycles. The number of cyclic esters (lactones) is 1. The number of carbonyl (C=O) groups is 1. The van der Waals surface area contributed by atoms with Gasteiger partial charge >= 0.3 is 6.09 Å². The summed E-state index contributed by atoms with van der Waals surface area (Å²) < 4.78 is 25.7. The van der Waals surface area contributed by atoms with Gasteiger partial charge in [-0.15, -0.1) is 0 Å². The summed E-state index contributed by atoms with van der Waals surface area (Å²) in [7, 11) is 0. The van der Waals surface area contributed by atoms with Gasteiger partial charge in [0.1, 0.15) is 19.1 Å². The van der Waals surface area contributed by atoms with Crippen LogP contribution in [-0.4, -0.2) is 49.1 Å². The average molecular weight is 395 g/mol. The van der Waals surface area contributed by atoms with Gasteiger partial charge in [0.25, 0.3) is 0 Å². The molecule has 1 aromatic carbocycles. The van der Waals surface area contributed by atoms with Crippen molar-refractivity contribution in [1.82, 2.24) is 4.98 Å². The van der Waals surface area contributed by atoms with Crippen LogP contribution in [0.15, 0.2) is 46.5 Å². The van der Waals surface area contributed by atoms with Crippen LogP contribution in [-0.2, 0) is 22.6 Å². The number of rotatable bonds is 4. The Morgan fingerprint density at radius 1 is 1.28 bits per heavy atom. The smallest absolute Gasteiger partial charge is 0.414 e. The lowest BCUT2D eigenvalue weighted by Crippen LogP contribution is -2.27. The Labute approximate surface area is 166 Å². The lowest BCUT2D eigenvalue weighted by molar-refractivity contribution is 0.102. The molecule has 9 heteroatoms. The molecule has 2 aromatic rings. The van der Waals surface area contributed by atoms with Crippen molar-refractivity contribution < 1.29 is 18.7 Å². The molecule has 0 radical (unpaired) electrons. The highest BCUT2D eigenvalue weighted by Crippen LogP contribution is 2.32. The minimum atomic E-state index is -0.523. The number of aromatic nitrogens is 1. The Balaban J connectivity index is 1.27. The van der Waals surface area contributed by atoms with Crippen LogP contribution in [0, 0.1) is 5.82 Å². The van der Waals surface area contributed by atoms with Crippen molar-refractivity contribution in [1.29, 1.82) is 0 Å². The summed E-state index contributed by atoms with van der Waals surface area (Å²) in [6, 6.07) is 8.67. The van der Waals surface area contributed by atoms with E-state index in [0.29, 0.717) is 37.0 Å². The molecular formula is C20H18FN5O3. The zero-order chi connectivity index (χ0) is 19.8. The van der Waals surface area contributed by atoms with Gasteiger partial charge in [0.2, 0.25) is 5.90 Å². The second kappa shape index (κ2) is 7.16. The molecule has 148 valence electrons. The van der Waals surface area contributed by atoms with Crippen molar-refractivity contribution in [3.8, 4) is 0 Å². The highest BCUT2D eigenvalue weighted by Gasteiger charge is 2.34. The topological polar surface area (TPSA) is 79.6 Å². The molecule has 1 amide bonds. The second-order valence-corrected chi connectivity index (χ2v) is 6.98. The predicted molar refractivity (Wildman–Crippen MR) is 105 cm³/mol. The fraction of sp³-hybridized carbons (Fsp3) is 0.300. The van der Waals surface area contributed by atoms with Crippen LogP contribution in [0.25, 0.3) is 0 Å². The summed E-state index contributed by atoms with van der Waals surface area (Å²) in [5.74, 6) is 0.0373. The molecule has 0 spiro atoms. The molecule has 4 heterocycles. The molecule has 0 N–H and O–H groups in total. The summed E-state index contributed by atoms with van der Waals surface area (Å²) >= 11 is 0. The number of aliphatic imine (C=N–C) groups is 2. The lowest BCUT2D eigenvalue weighted by Gasteiger charge is -2.20. The molecule has 1 fully saturated rings. The Morgan fingerprint density at radius 3 is 3.00 bits per heavy atom. The first-order valence-electron chi connectivity index (χ1n) is 9.30. The molecule has 1 atom stereocenters. The van der Waals surface area contributed by atoms with Crippen molar-refractivity contribution in [3.05, 3.63) is 53.6 Å². The fourth-order valence-corrected chi connectivity index (χ4v) is 3.64. The monoisotopic (exact) mass is 395 g/mol. The van der Waals surface area contributed by atoms with E-state index in [-0.39, 0.29) is 19.0 Å². The number of benzene rings is 1. The first kappa shape index (κ1) is 17.6. The third-order valence-corrected chi connectivity index (χ3v) is 5.07. The van der Waals surface area contributed by atoms with E-state index in [1.54, 1.807) is 18.3 Å². The van der Waals surface area contributed by atoms with Crippen LogP contribution >= 0.6 is 0 Å². The van der Waals surface area contributed by atoms with Crippen LogP contribution in [0.5, 0.6) is 0 Å². The van der Waals surface area contributed by atoms with Gasteiger partial charge in [-0.3, -0.25) is 14.9 Å². The van der Waals surface area contributed by atoms with Gasteiger partial charge < -0.3 is 14.4 Å². The third-order valence-electron chi connectivity index (χ3n) is 5.07. The van der Waals surface area contributed by atoms with Crippen LogP contribution < -0.4 is 9.80 Å². The first-order valence-corrected chi connectivity index (χ1v) is 9.30. The standard InChI is InChI=1S/C20H18FN5O3/c21-16-6-14(3-4-18(16)25-8-13-2-1-5-23-17(13)10-25)26-9-15(29-20(26)27)11-28-19-7-22-12-24-19/h1-7,15H,8-12H2/t15-/m1/s1. The molecule has 5 rings (SSSR count). The number of halogens is 1. The van der Waals surface area contributed by atoms with Gasteiger partial charge in [-0.25, -0.2) is 14.2 Å². The normalized spacial score (nSPS) is 20.1. The van der Waals surface area contributed by atoms with Crippen molar-refractivity contribution in [2.45, 2.75) is 19.2 Å². The van der Waals surface area contributed by atoms with E-state index in [0.717, 1.165) is 11.3 Å². The Hall–Kier alpha value is -3.49. The zero-order valence-corrected chi connectivity index (χ0v) is 15.5. The van der Waals surface area contributed by atoms with E-state index < -0.39 is 12.2 Å². The number of fused-ring (bicyclic) bond motifs is 1. The van der Waals surface area contributed by atoms with E-state index in [4.69, 9.17) is 9.47 Å². The number of ether oxygens (including phenoxy) is 2. The summed E-state index contributed by atoms with van der Waals surface area (Å²) in [6.07, 6.45) is 2.30. The maximum absolute atomic E-state index is 14.9. The molecule has 29 heavy (non-hydrogen) atoms. The number of hydrogen-bond donors (Lipinski definition) is 0. The molecule has 0 unspecified atom stereocenters. The molecule has 1 saturated heterocycles. The van der Waals surface area contributed by atoms with Gasteiger partial charge in [0.05, 0.1) is 36.4 Å². The Morgan fingerprint density at radius 2 is 2.21 bits per heavy atom. The quantitative estimate of drug-likeness (QED) is 0.795. The SMILES string of the molecule is O=C1O[C@@H](COC2=NCN=C2)CN1c1ccc(N2Cc3cccnc3C2)c(F)c1. The largest absolute Gasteiger partial charge is 0.473 e. The van der Waals surface area contributed by atoms with Gasteiger partial charge in [0.15, 0.2) is 6.10 Å². The van der Waals surface area contributed by atoms with Gasteiger partial charge in [-0.1, -0.05) is 6.07 Å². The maximum Gasteiger partial charge on any atom is 0.414 e. The molecule has 3 aliphatic rings.